The smallest absolute Gasteiger partial charge is 0.149 e. The Labute approximate surface area is 93.5 Å². The van der Waals surface area contributed by atoms with E-state index in [9.17, 15) is 0 Å². The van der Waals surface area contributed by atoms with Gasteiger partial charge in [-0.3, -0.25) is 0 Å². The van der Waals surface area contributed by atoms with Crippen molar-refractivity contribution in [3.63, 3.8) is 0 Å². The van der Waals surface area contributed by atoms with Gasteiger partial charge in [-0.1, -0.05) is 5.21 Å². The van der Waals surface area contributed by atoms with Gasteiger partial charge in [-0.25, -0.2) is 14.6 Å². The van der Waals surface area contributed by atoms with Gasteiger partial charge in [0.1, 0.15) is 12.4 Å². The Bertz CT molecular complexity index is 424. The van der Waals surface area contributed by atoms with E-state index in [4.69, 9.17) is 5.73 Å². The maximum Gasteiger partial charge on any atom is 0.149 e. The van der Waals surface area contributed by atoms with Crippen molar-refractivity contribution in [3.8, 4) is 0 Å². The van der Waals surface area contributed by atoms with Crippen LogP contribution in [0.3, 0.4) is 0 Å². The van der Waals surface area contributed by atoms with Crippen LogP contribution in [-0.2, 0) is 13.0 Å². The minimum atomic E-state index is 0.552. The number of nitrogens with zero attached hydrogens (tertiary/aromatic N) is 5. The summed E-state index contributed by atoms with van der Waals surface area (Å²) in [6.45, 7) is 1.23. The number of aromatic nitrogens is 5. The first-order valence-corrected chi connectivity index (χ1v) is 5.23. The van der Waals surface area contributed by atoms with Crippen LogP contribution in [-0.4, -0.2) is 31.5 Å². The fourth-order valence-electron chi connectivity index (χ4n) is 1.37. The molecule has 2 heterocycles. The normalized spacial score (nSPS) is 10.6. The third kappa shape index (κ3) is 2.83. The summed E-state index contributed by atoms with van der Waals surface area (Å²) in [6.07, 6.45) is 7.14. The van der Waals surface area contributed by atoms with Crippen molar-refractivity contribution in [1.82, 2.24) is 25.0 Å². The molecule has 0 amide bonds. The van der Waals surface area contributed by atoms with Crippen molar-refractivity contribution in [3.05, 3.63) is 36.2 Å². The molecule has 0 radical (unpaired) electrons. The van der Waals surface area contributed by atoms with Crippen LogP contribution in [0.1, 0.15) is 17.9 Å². The third-order valence-corrected chi connectivity index (χ3v) is 2.15. The van der Waals surface area contributed by atoms with Gasteiger partial charge in [0.05, 0.1) is 5.69 Å². The lowest BCUT2D eigenvalue weighted by atomic mass is 10.2. The summed E-state index contributed by atoms with van der Waals surface area (Å²) >= 11 is 0. The lowest BCUT2D eigenvalue weighted by Crippen LogP contribution is -2.04. The molecule has 6 heteroatoms. The minimum Gasteiger partial charge on any atom is -0.330 e. The zero-order valence-corrected chi connectivity index (χ0v) is 8.95. The Morgan fingerprint density at radius 1 is 1.25 bits per heavy atom. The molecule has 6 nitrogen and oxygen atoms in total. The molecule has 0 saturated carbocycles. The second-order valence-electron chi connectivity index (χ2n) is 3.46. The summed E-state index contributed by atoms with van der Waals surface area (Å²) in [7, 11) is 0. The maximum absolute atomic E-state index is 5.43. The standard InChI is InChI=1S/C10H14N6/c11-4-1-3-9-7-16(15-14-9)8-10-12-5-2-6-13-10/h2,5-7H,1,3-4,8,11H2. The van der Waals surface area contributed by atoms with Gasteiger partial charge in [-0.05, 0) is 25.5 Å². The Kier molecular flexibility index (Phi) is 3.55. The molecule has 0 aromatic carbocycles. The molecule has 2 N–H and O–H groups in total. The van der Waals surface area contributed by atoms with Crippen molar-refractivity contribution < 1.29 is 0 Å². The highest BCUT2D eigenvalue weighted by atomic mass is 15.4. The average Bonchev–Trinajstić information content (AvgIpc) is 2.75. The van der Waals surface area contributed by atoms with E-state index in [0.717, 1.165) is 24.4 Å². The molecule has 2 aromatic heterocycles. The summed E-state index contributed by atoms with van der Waals surface area (Å²) in [5, 5.41) is 8.06. The molecule has 0 unspecified atom stereocenters. The molecule has 0 aliphatic carbocycles. The van der Waals surface area contributed by atoms with Crippen LogP contribution in [0, 0.1) is 0 Å². The molecule has 0 atom stereocenters. The lowest BCUT2D eigenvalue weighted by molar-refractivity contribution is 0.624. The molecule has 0 bridgehead atoms. The van der Waals surface area contributed by atoms with Crippen molar-refractivity contribution in [2.75, 3.05) is 6.54 Å². The van der Waals surface area contributed by atoms with Crippen LogP contribution in [0.4, 0.5) is 0 Å². The second-order valence-corrected chi connectivity index (χ2v) is 3.46. The lowest BCUT2D eigenvalue weighted by Gasteiger charge is -1.97. The van der Waals surface area contributed by atoms with Crippen molar-refractivity contribution in [2.24, 2.45) is 5.73 Å². The zero-order valence-electron chi connectivity index (χ0n) is 8.95. The van der Waals surface area contributed by atoms with E-state index in [-0.39, 0.29) is 0 Å². The molecular weight excluding hydrogens is 204 g/mol. The molecule has 16 heavy (non-hydrogen) atoms. The van der Waals surface area contributed by atoms with Gasteiger partial charge in [-0.2, -0.15) is 0 Å². The fourth-order valence-corrected chi connectivity index (χ4v) is 1.37. The summed E-state index contributed by atoms with van der Waals surface area (Å²) in [6, 6.07) is 1.79. The van der Waals surface area contributed by atoms with E-state index >= 15 is 0 Å². The van der Waals surface area contributed by atoms with Crippen LogP contribution >= 0.6 is 0 Å². The molecule has 0 saturated heterocycles. The highest BCUT2D eigenvalue weighted by molar-refractivity contribution is 4.95. The highest BCUT2D eigenvalue weighted by Gasteiger charge is 2.02. The van der Waals surface area contributed by atoms with Crippen LogP contribution in [0.5, 0.6) is 0 Å². The third-order valence-electron chi connectivity index (χ3n) is 2.15. The zero-order chi connectivity index (χ0) is 11.2. The van der Waals surface area contributed by atoms with Crippen LogP contribution < -0.4 is 5.73 Å². The number of hydrogen-bond donors (Lipinski definition) is 1. The minimum absolute atomic E-state index is 0.552. The first-order valence-electron chi connectivity index (χ1n) is 5.23. The predicted molar refractivity (Wildman–Crippen MR) is 58.5 cm³/mol. The Hall–Kier alpha value is -1.82. The van der Waals surface area contributed by atoms with E-state index in [0.29, 0.717) is 13.1 Å². The quantitative estimate of drug-likeness (QED) is 0.764. The fraction of sp³-hybridized carbons (Fsp3) is 0.400. The van der Waals surface area contributed by atoms with E-state index in [1.807, 2.05) is 6.20 Å². The van der Waals surface area contributed by atoms with E-state index in [2.05, 4.69) is 20.3 Å². The molecule has 0 spiro atoms. The van der Waals surface area contributed by atoms with Crippen molar-refractivity contribution in [2.45, 2.75) is 19.4 Å². The SMILES string of the molecule is NCCCc1cn(Cc2ncccn2)nn1. The van der Waals surface area contributed by atoms with Crippen LogP contribution in [0.2, 0.25) is 0 Å². The Morgan fingerprint density at radius 3 is 2.81 bits per heavy atom. The van der Waals surface area contributed by atoms with E-state index in [1.54, 1.807) is 23.1 Å². The maximum atomic E-state index is 5.43. The van der Waals surface area contributed by atoms with E-state index in [1.165, 1.54) is 0 Å². The number of hydrogen-bond acceptors (Lipinski definition) is 5. The van der Waals surface area contributed by atoms with Crippen molar-refractivity contribution in [1.29, 1.82) is 0 Å². The van der Waals surface area contributed by atoms with Crippen LogP contribution in [0.15, 0.2) is 24.7 Å². The first kappa shape index (κ1) is 10.7. The van der Waals surface area contributed by atoms with Gasteiger partial charge >= 0.3 is 0 Å². The first-order chi connectivity index (χ1) is 7.88. The number of rotatable bonds is 5. The summed E-state index contributed by atoms with van der Waals surface area (Å²) in [5.74, 6) is 0.734. The van der Waals surface area contributed by atoms with E-state index < -0.39 is 0 Å². The Morgan fingerprint density at radius 2 is 2.06 bits per heavy atom. The molecule has 84 valence electrons. The average molecular weight is 218 g/mol. The molecule has 0 aliphatic rings. The van der Waals surface area contributed by atoms with Gasteiger partial charge in [0.2, 0.25) is 0 Å². The van der Waals surface area contributed by atoms with Gasteiger partial charge in [0.15, 0.2) is 0 Å². The van der Waals surface area contributed by atoms with Gasteiger partial charge in [0, 0.05) is 18.6 Å². The van der Waals surface area contributed by atoms with Gasteiger partial charge < -0.3 is 5.73 Å². The molecule has 2 aromatic rings. The van der Waals surface area contributed by atoms with Crippen molar-refractivity contribution >= 4 is 0 Å². The van der Waals surface area contributed by atoms with Gasteiger partial charge in [-0.15, -0.1) is 5.10 Å². The van der Waals surface area contributed by atoms with Crippen LogP contribution in [0.25, 0.3) is 0 Å². The molecular formula is C10H14N6. The molecule has 0 fully saturated rings. The second kappa shape index (κ2) is 5.32. The predicted octanol–water partition coefficient (Wildman–Crippen LogP) is 0.00770. The summed E-state index contributed by atoms with van der Waals surface area (Å²) in [5.41, 5.74) is 6.39. The topological polar surface area (TPSA) is 82.5 Å². The number of aryl methyl sites for hydroxylation is 1. The highest BCUT2D eigenvalue weighted by Crippen LogP contribution is 1.99. The molecule has 2 rings (SSSR count). The largest absolute Gasteiger partial charge is 0.330 e. The Balaban J connectivity index is 1.97. The monoisotopic (exact) mass is 218 g/mol. The summed E-state index contributed by atoms with van der Waals surface area (Å²) < 4.78 is 1.74. The molecule has 0 aliphatic heterocycles. The van der Waals surface area contributed by atoms with Gasteiger partial charge in [0.25, 0.3) is 0 Å². The summed E-state index contributed by atoms with van der Waals surface area (Å²) in [4.78, 5) is 8.25. The number of nitrogens with two attached hydrogens (primary N) is 1.